The molecular formula is C12H18FNO3S. The first-order valence-corrected chi connectivity index (χ1v) is 7.29. The summed E-state index contributed by atoms with van der Waals surface area (Å²) >= 11 is 0. The minimum Gasteiger partial charge on any atom is -0.380 e. The number of halogens is 1. The van der Waals surface area contributed by atoms with E-state index in [1.54, 1.807) is 6.92 Å². The Morgan fingerprint density at radius 3 is 2.61 bits per heavy atom. The van der Waals surface area contributed by atoms with Crippen LogP contribution in [0.3, 0.4) is 0 Å². The van der Waals surface area contributed by atoms with Gasteiger partial charge >= 0.3 is 0 Å². The van der Waals surface area contributed by atoms with Gasteiger partial charge in [0, 0.05) is 19.7 Å². The van der Waals surface area contributed by atoms with E-state index in [-0.39, 0.29) is 11.4 Å². The summed E-state index contributed by atoms with van der Waals surface area (Å²) in [5.41, 5.74) is 0. The number of ether oxygens (including phenoxy) is 1. The van der Waals surface area contributed by atoms with E-state index in [4.69, 9.17) is 4.74 Å². The molecule has 0 saturated carbocycles. The van der Waals surface area contributed by atoms with Crippen LogP contribution in [-0.2, 0) is 14.8 Å². The molecule has 0 aliphatic rings. The van der Waals surface area contributed by atoms with E-state index in [0.29, 0.717) is 19.8 Å². The van der Waals surface area contributed by atoms with E-state index in [2.05, 4.69) is 0 Å². The summed E-state index contributed by atoms with van der Waals surface area (Å²) in [5, 5.41) is 0. The predicted octanol–water partition coefficient (Wildman–Crippen LogP) is 1.87. The molecule has 0 aliphatic carbocycles. The first-order chi connectivity index (χ1) is 8.52. The molecule has 0 amide bonds. The van der Waals surface area contributed by atoms with Crippen molar-refractivity contribution in [3.63, 3.8) is 0 Å². The molecule has 0 fully saturated rings. The fourth-order valence-corrected chi connectivity index (χ4v) is 3.00. The minimum atomic E-state index is -3.64. The smallest absolute Gasteiger partial charge is 0.243 e. The second-order valence-corrected chi connectivity index (χ2v) is 5.59. The van der Waals surface area contributed by atoms with Crippen molar-refractivity contribution in [2.24, 2.45) is 0 Å². The van der Waals surface area contributed by atoms with Gasteiger partial charge in [-0.05, 0) is 25.1 Å². The molecule has 0 bridgehead atoms. The van der Waals surface area contributed by atoms with E-state index < -0.39 is 15.8 Å². The van der Waals surface area contributed by atoms with E-state index >= 15 is 0 Å². The average molecular weight is 275 g/mol. The largest absolute Gasteiger partial charge is 0.380 e. The maximum Gasteiger partial charge on any atom is 0.243 e. The SMILES string of the molecule is CCOCCN(CC)S(=O)(=O)c1cccc(F)c1. The summed E-state index contributed by atoms with van der Waals surface area (Å²) in [6.07, 6.45) is 0. The third-order valence-corrected chi connectivity index (χ3v) is 4.45. The number of sulfonamides is 1. The van der Waals surface area contributed by atoms with Crippen LogP contribution >= 0.6 is 0 Å². The van der Waals surface area contributed by atoms with Gasteiger partial charge in [0.05, 0.1) is 11.5 Å². The highest BCUT2D eigenvalue weighted by Crippen LogP contribution is 2.16. The monoisotopic (exact) mass is 275 g/mol. The molecule has 1 rings (SSSR count). The average Bonchev–Trinajstić information content (AvgIpc) is 2.34. The Morgan fingerprint density at radius 2 is 2.06 bits per heavy atom. The van der Waals surface area contributed by atoms with Crippen LogP contribution in [0.15, 0.2) is 29.2 Å². The maximum absolute atomic E-state index is 13.1. The van der Waals surface area contributed by atoms with Crippen LogP contribution in [-0.4, -0.2) is 39.0 Å². The number of hydrogen-bond acceptors (Lipinski definition) is 3. The van der Waals surface area contributed by atoms with E-state index in [0.717, 1.165) is 6.07 Å². The van der Waals surface area contributed by atoms with Gasteiger partial charge < -0.3 is 4.74 Å². The normalized spacial score (nSPS) is 12.0. The molecule has 0 heterocycles. The molecule has 0 N–H and O–H groups in total. The Kier molecular flexibility index (Phi) is 5.71. The maximum atomic E-state index is 13.1. The fraction of sp³-hybridized carbons (Fsp3) is 0.500. The van der Waals surface area contributed by atoms with Crippen molar-refractivity contribution in [2.75, 3.05) is 26.3 Å². The second kappa shape index (κ2) is 6.82. The molecule has 0 spiro atoms. The minimum absolute atomic E-state index is 0.0270. The van der Waals surface area contributed by atoms with Crippen molar-refractivity contribution in [3.8, 4) is 0 Å². The molecule has 1 aromatic carbocycles. The van der Waals surface area contributed by atoms with Gasteiger partial charge in [-0.3, -0.25) is 0 Å². The van der Waals surface area contributed by atoms with Crippen LogP contribution < -0.4 is 0 Å². The number of benzene rings is 1. The van der Waals surface area contributed by atoms with Gasteiger partial charge in [0.25, 0.3) is 0 Å². The Morgan fingerprint density at radius 1 is 1.33 bits per heavy atom. The fourth-order valence-electron chi connectivity index (χ4n) is 1.54. The summed E-state index contributed by atoms with van der Waals surface area (Å²) in [6, 6.07) is 5.02. The molecule has 4 nitrogen and oxygen atoms in total. The summed E-state index contributed by atoms with van der Waals surface area (Å²) < 4.78 is 43.9. The molecule has 0 aliphatic heterocycles. The predicted molar refractivity (Wildman–Crippen MR) is 67.3 cm³/mol. The van der Waals surface area contributed by atoms with Gasteiger partial charge in [-0.1, -0.05) is 13.0 Å². The van der Waals surface area contributed by atoms with Gasteiger partial charge in [0.1, 0.15) is 5.82 Å². The van der Waals surface area contributed by atoms with Gasteiger partial charge in [0.15, 0.2) is 0 Å². The summed E-state index contributed by atoms with van der Waals surface area (Å²) in [4.78, 5) is -0.0270. The van der Waals surface area contributed by atoms with Crippen LogP contribution in [0, 0.1) is 5.82 Å². The lowest BCUT2D eigenvalue weighted by Gasteiger charge is -2.20. The zero-order chi connectivity index (χ0) is 13.6. The Balaban J connectivity index is 2.89. The van der Waals surface area contributed by atoms with E-state index in [9.17, 15) is 12.8 Å². The van der Waals surface area contributed by atoms with Crippen molar-refractivity contribution < 1.29 is 17.5 Å². The lowest BCUT2D eigenvalue weighted by Crippen LogP contribution is -2.34. The van der Waals surface area contributed by atoms with Crippen LogP contribution in [0.1, 0.15) is 13.8 Å². The third kappa shape index (κ3) is 3.76. The Bertz CT molecular complexity index is 476. The Hall–Kier alpha value is -0.980. The van der Waals surface area contributed by atoms with Crippen LogP contribution in [0.2, 0.25) is 0 Å². The third-order valence-electron chi connectivity index (χ3n) is 2.48. The van der Waals surface area contributed by atoms with Crippen LogP contribution in [0.5, 0.6) is 0 Å². The van der Waals surface area contributed by atoms with Crippen molar-refractivity contribution in [2.45, 2.75) is 18.7 Å². The van der Waals surface area contributed by atoms with Crippen molar-refractivity contribution in [1.82, 2.24) is 4.31 Å². The lowest BCUT2D eigenvalue weighted by atomic mass is 10.4. The number of rotatable bonds is 7. The molecule has 1 aromatic rings. The van der Waals surface area contributed by atoms with Crippen LogP contribution in [0.4, 0.5) is 4.39 Å². The van der Waals surface area contributed by atoms with Crippen molar-refractivity contribution in [3.05, 3.63) is 30.1 Å². The quantitative estimate of drug-likeness (QED) is 0.714. The highest BCUT2D eigenvalue weighted by atomic mass is 32.2. The molecule has 0 radical (unpaired) electrons. The molecule has 0 atom stereocenters. The van der Waals surface area contributed by atoms with Gasteiger partial charge in [-0.25, -0.2) is 12.8 Å². The topological polar surface area (TPSA) is 46.6 Å². The lowest BCUT2D eigenvalue weighted by molar-refractivity contribution is 0.135. The number of likely N-dealkylation sites (N-methyl/N-ethyl adjacent to an activating group) is 1. The summed E-state index contributed by atoms with van der Waals surface area (Å²) in [7, 11) is -3.64. The number of nitrogens with zero attached hydrogens (tertiary/aromatic N) is 1. The van der Waals surface area contributed by atoms with Crippen LogP contribution in [0.25, 0.3) is 0 Å². The summed E-state index contributed by atoms with van der Waals surface area (Å²) in [5.74, 6) is -0.558. The van der Waals surface area contributed by atoms with E-state index in [1.807, 2.05) is 6.92 Å². The van der Waals surface area contributed by atoms with E-state index in [1.165, 1.54) is 22.5 Å². The Labute approximate surface area is 107 Å². The molecule has 102 valence electrons. The number of hydrogen-bond donors (Lipinski definition) is 0. The zero-order valence-electron chi connectivity index (χ0n) is 10.6. The first kappa shape index (κ1) is 15.1. The molecule has 0 unspecified atom stereocenters. The molecule has 0 saturated heterocycles. The first-order valence-electron chi connectivity index (χ1n) is 5.85. The molecule has 6 heteroatoms. The van der Waals surface area contributed by atoms with Crippen molar-refractivity contribution in [1.29, 1.82) is 0 Å². The highest BCUT2D eigenvalue weighted by molar-refractivity contribution is 7.89. The molecule has 18 heavy (non-hydrogen) atoms. The standard InChI is InChI=1S/C12H18FNO3S/c1-3-14(8-9-17-4-2)18(15,16)12-7-5-6-11(13)10-12/h5-7,10H,3-4,8-9H2,1-2H3. The molecule has 0 aromatic heterocycles. The summed E-state index contributed by atoms with van der Waals surface area (Å²) in [6.45, 7) is 5.05. The van der Waals surface area contributed by atoms with Gasteiger partial charge in [0.2, 0.25) is 10.0 Å². The second-order valence-electron chi connectivity index (χ2n) is 3.65. The highest BCUT2D eigenvalue weighted by Gasteiger charge is 2.22. The zero-order valence-corrected chi connectivity index (χ0v) is 11.4. The van der Waals surface area contributed by atoms with Gasteiger partial charge in [-0.2, -0.15) is 4.31 Å². The van der Waals surface area contributed by atoms with Gasteiger partial charge in [-0.15, -0.1) is 0 Å². The molecular weight excluding hydrogens is 257 g/mol. The van der Waals surface area contributed by atoms with Crippen molar-refractivity contribution >= 4 is 10.0 Å².